The third-order valence-corrected chi connectivity index (χ3v) is 4.73. The first-order valence-electron chi connectivity index (χ1n) is 7.29. The Bertz CT molecular complexity index is 932. The molecule has 5 nitrogen and oxygen atoms in total. The first kappa shape index (κ1) is 17.4. The molecule has 0 unspecified atom stereocenters. The maximum atomic E-state index is 12.0. The van der Waals surface area contributed by atoms with Crippen LogP contribution in [0.15, 0.2) is 53.9 Å². The second-order valence-corrected chi connectivity index (χ2v) is 7.09. The van der Waals surface area contributed by atoms with Gasteiger partial charge in [0.25, 0.3) is 5.91 Å². The summed E-state index contributed by atoms with van der Waals surface area (Å²) in [6.45, 7) is -0.183. The number of nitriles is 1. The van der Waals surface area contributed by atoms with Gasteiger partial charge < -0.3 is 4.74 Å². The summed E-state index contributed by atoms with van der Waals surface area (Å²) in [7, 11) is 0. The lowest BCUT2D eigenvalue weighted by molar-refractivity contribution is -0.118. The molecule has 0 aliphatic rings. The van der Waals surface area contributed by atoms with Crippen molar-refractivity contribution in [3.8, 4) is 23.1 Å². The summed E-state index contributed by atoms with van der Waals surface area (Å²) in [5, 5.41) is 14.1. The van der Waals surface area contributed by atoms with Crippen LogP contribution >= 0.6 is 33.9 Å². The number of anilines is 1. The van der Waals surface area contributed by atoms with Gasteiger partial charge in [-0.1, -0.05) is 24.3 Å². The molecule has 0 aliphatic carbocycles. The van der Waals surface area contributed by atoms with Gasteiger partial charge in [-0.15, -0.1) is 11.3 Å². The average molecular weight is 461 g/mol. The van der Waals surface area contributed by atoms with Gasteiger partial charge in [-0.2, -0.15) is 5.26 Å². The van der Waals surface area contributed by atoms with E-state index in [1.54, 1.807) is 24.3 Å². The second kappa shape index (κ2) is 8.09. The van der Waals surface area contributed by atoms with Crippen LogP contribution in [0.3, 0.4) is 0 Å². The van der Waals surface area contributed by atoms with Crippen molar-refractivity contribution < 1.29 is 9.53 Å². The molecule has 7 heteroatoms. The standard InChI is InChI=1S/C18H12IN3O2S/c19-14-7-5-12(6-8-14)15-11-25-18(21-15)22-17(23)10-24-16-4-2-1-3-13(16)9-20/h1-8,11H,10H2,(H,21,22,23). The number of rotatable bonds is 5. The zero-order valence-electron chi connectivity index (χ0n) is 12.9. The lowest BCUT2D eigenvalue weighted by atomic mass is 10.2. The summed E-state index contributed by atoms with van der Waals surface area (Å²) < 4.78 is 6.56. The highest BCUT2D eigenvalue weighted by atomic mass is 127. The number of para-hydroxylation sites is 1. The molecular weight excluding hydrogens is 449 g/mol. The number of nitrogens with one attached hydrogen (secondary N) is 1. The van der Waals surface area contributed by atoms with Crippen LogP contribution in [0.25, 0.3) is 11.3 Å². The molecular formula is C18H12IN3O2S. The molecule has 0 saturated heterocycles. The summed E-state index contributed by atoms with van der Waals surface area (Å²) in [5.74, 6) is 0.0649. The van der Waals surface area contributed by atoms with E-state index in [9.17, 15) is 4.79 Å². The number of thiazole rings is 1. The van der Waals surface area contributed by atoms with Crippen LogP contribution in [0.4, 0.5) is 5.13 Å². The molecule has 1 aromatic heterocycles. The lowest BCUT2D eigenvalue weighted by Crippen LogP contribution is -2.20. The Balaban J connectivity index is 1.60. The number of nitrogens with zero attached hydrogens (tertiary/aromatic N) is 2. The average Bonchev–Trinajstić information content (AvgIpc) is 3.09. The van der Waals surface area contributed by atoms with Gasteiger partial charge in [0.15, 0.2) is 11.7 Å². The van der Waals surface area contributed by atoms with Gasteiger partial charge in [0.05, 0.1) is 11.3 Å². The molecule has 124 valence electrons. The number of ether oxygens (including phenoxy) is 1. The quantitative estimate of drug-likeness (QED) is 0.575. The number of carbonyl (C=O) groups excluding carboxylic acids is 1. The highest BCUT2D eigenvalue weighted by Crippen LogP contribution is 2.25. The van der Waals surface area contributed by atoms with Crippen molar-refractivity contribution in [3.05, 3.63) is 63.0 Å². The van der Waals surface area contributed by atoms with E-state index in [0.717, 1.165) is 14.8 Å². The Kier molecular flexibility index (Phi) is 5.63. The minimum Gasteiger partial charge on any atom is -0.482 e. The topological polar surface area (TPSA) is 75.0 Å². The SMILES string of the molecule is N#Cc1ccccc1OCC(=O)Nc1nc(-c2ccc(I)cc2)cs1. The van der Waals surface area contributed by atoms with Crippen LogP contribution in [0.2, 0.25) is 0 Å². The van der Waals surface area contributed by atoms with E-state index in [2.05, 4.69) is 32.9 Å². The van der Waals surface area contributed by atoms with Gasteiger partial charge in [-0.05, 0) is 46.9 Å². The van der Waals surface area contributed by atoms with E-state index < -0.39 is 0 Å². The third kappa shape index (κ3) is 4.55. The van der Waals surface area contributed by atoms with Crippen molar-refractivity contribution in [1.82, 2.24) is 4.98 Å². The Labute approximate surface area is 162 Å². The lowest BCUT2D eigenvalue weighted by Gasteiger charge is -2.06. The number of carbonyl (C=O) groups is 1. The van der Waals surface area contributed by atoms with Crippen LogP contribution in [0.1, 0.15) is 5.56 Å². The molecule has 25 heavy (non-hydrogen) atoms. The maximum absolute atomic E-state index is 12.0. The second-order valence-electron chi connectivity index (χ2n) is 4.99. The van der Waals surface area contributed by atoms with Gasteiger partial charge in [0.2, 0.25) is 0 Å². The Hall–Kier alpha value is -2.44. The minimum atomic E-state index is -0.323. The number of hydrogen-bond acceptors (Lipinski definition) is 5. The van der Waals surface area contributed by atoms with E-state index in [-0.39, 0.29) is 12.5 Å². The monoisotopic (exact) mass is 461 g/mol. The predicted octanol–water partition coefficient (Wildman–Crippen LogP) is 4.30. The number of amides is 1. The normalized spacial score (nSPS) is 10.1. The van der Waals surface area contributed by atoms with Crippen molar-refractivity contribution in [3.63, 3.8) is 0 Å². The van der Waals surface area contributed by atoms with E-state index in [4.69, 9.17) is 10.00 Å². The number of aromatic nitrogens is 1. The summed E-state index contributed by atoms with van der Waals surface area (Å²) >= 11 is 3.60. The third-order valence-electron chi connectivity index (χ3n) is 3.26. The van der Waals surface area contributed by atoms with Crippen molar-refractivity contribution in [2.45, 2.75) is 0 Å². The molecule has 2 aromatic carbocycles. The molecule has 0 fully saturated rings. The van der Waals surface area contributed by atoms with Crippen LogP contribution in [-0.2, 0) is 4.79 Å². The van der Waals surface area contributed by atoms with Gasteiger partial charge >= 0.3 is 0 Å². The number of hydrogen-bond donors (Lipinski definition) is 1. The zero-order valence-corrected chi connectivity index (χ0v) is 15.9. The molecule has 0 aliphatic heterocycles. The van der Waals surface area contributed by atoms with Crippen LogP contribution in [-0.4, -0.2) is 17.5 Å². The summed E-state index contributed by atoms with van der Waals surface area (Å²) in [5.41, 5.74) is 2.20. The van der Waals surface area contributed by atoms with Gasteiger partial charge in [-0.3, -0.25) is 10.1 Å². The fourth-order valence-electron chi connectivity index (χ4n) is 2.07. The fraction of sp³-hybridized carbons (Fsp3) is 0.0556. The summed E-state index contributed by atoms with van der Waals surface area (Å²) in [6.07, 6.45) is 0. The Morgan fingerprint density at radius 1 is 1.24 bits per heavy atom. The van der Waals surface area contributed by atoms with Crippen molar-refractivity contribution >= 4 is 45.0 Å². The molecule has 0 spiro atoms. The van der Waals surface area contributed by atoms with Gasteiger partial charge in [-0.25, -0.2) is 4.98 Å². The maximum Gasteiger partial charge on any atom is 0.264 e. The van der Waals surface area contributed by atoms with E-state index in [0.29, 0.717) is 16.4 Å². The molecule has 3 rings (SSSR count). The van der Waals surface area contributed by atoms with E-state index >= 15 is 0 Å². The summed E-state index contributed by atoms with van der Waals surface area (Å²) in [4.78, 5) is 16.4. The largest absolute Gasteiger partial charge is 0.482 e. The van der Waals surface area contributed by atoms with Crippen LogP contribution in [0, 0.1) is 14.9 Å². The van der Waals surface area contributed by atoms with Gasteiger partial charge in [0, 0.05) is 14.5 Å². The number of halogens is 1. The molecule has 1 amide bonds. The Morgan fingerprint density at radius 3 is 2.76 bits per heavy atom. The predicted molar refractivity (Wildman–Crippen MR) is 106 cm³/mol. The minimum absolute atomic E-state index is 0.183. The molecule has 1 heterocycles. The van der Waals surface area contributed by atoms with Crippen molar-refractivity contribution in [2.75, 3.05) is 11.9 Å². The molecule has 0 bridgehead atoms. The molecule has 1 N–H and O–H groups in total. The van der Waals surface area contributed by atoms with Crippen molar-refractivity contribution in [2.24, 2.45) is 0 Å². The Morgan fingerprint density at radius 2 is 2.00 bits per heavy atom. The first-order chi connectivity index (χ1) is 12.2. The van der Waals surface area contributed by atoms with E-state index in [1.807, 2.05) is 35.7 Å². The highest BCUT2D eigenvalue weighted by molar-refractivity contribution is 14.1. The van der Waals surface area contributed by atoms with Crippen LogP contribution in [0.5, 0.6) is 5.75 Å². The van der Waals surface area contributed by atoms with Crippen LogP contribution < -0.4 is 10.1 Å². The highest BCUT2D eigenvalue weighted by Gasteiger charge is 2.10. The van der Waals surface area contributed by atoms with Crippen molar-refractivity contribution in [1.29, 1.82) is 5.26 Å². The molecule has 0 radical (unpaired) electrons. The first-order valence-corrected chi connectivity index (χ1v) is 9.25. The number of benzene rings is 2. The zero-order chi connectivity index (χ0) is 17.6. The van der Waals surface area contributed by atoms with E-state index in [1.165, 1.54) is 11.3 Å². The molecule has 0 saturated carbocycles. The fourth-order valence-corrected chi connectivity index (χ4v) is 3.16. The smallest absolute Gasteiger partial charge is 0.264 e. The molecule has 0 atom stereocenters. The van der Waals surface area contributed by atoms with Gasteiger partial charge in [0.1, 0.15) is 11.8 Å². The molecule has 3 aromatic rings. The summed E-state index contributed by atoms with van der Waals surface area (Å²) in [6, 6.07) is 16.8.